The van der Waals surface area contributed by atoms with E-state index in [2.05, 4.69) is 10.5 Å². The van der Waals surface area contributed by atoms with Crippen LogP contribution in [-0.2, 0) is 24.0 Å². The van der Waals surface area contributed by atoms with Crippen LogP contribution < -0.4 is 15.8 Å². The molecule has 10 nitrogen and oxygen atoms in total. The largest absolute Gasteiger partial charge is 0.494 e. The van der Waals surface area contributed by atoms with Crippen LogP contribution >= 0.6 is 0 Å². The number of nitrogens with one attached hydrogen (secondary N) is 1. The number of carbonyl (C=O) groups is 4. The van der Waals surface area contributed by atoms with Gasteiger partial charge in [-0.05, 0) is 62.4 Å². The first-order valence-corrected chi connectivity index (χ1v) is 12.8. The van der Waals surface area contributed by atoms with Crippen LogP contribution in [0.25, 0.3) is 0 Å². The van der Waals surface area contributed by atoms with Gasteiger partial charge in [0.15, 0.2) is 0 Å². The maximum absolute atomic E-state index is 12.0. The standard InChI is InChI=1S/C27H38N4O6/c1-21(30-37-20-16-28)22-10-12-24(13-11-22)36-19-6-9-25(33)29-17-5-8-23(32)7-3-2-4-18-31-26(34)14-15-27(31)35/h10-15H,2-9,16-20,28H2,1H3,(H,29,33)/b30-21-. The van der Waals surface area contributed by atoms with Gasteiger partial charge >= 0.3 is 0 Å². The third-order valence-corrected chi connectivity index (χ3v) is 5.69. The highest BCUT2D eigenvalue weighted by molar-refractivity contribution is 6.12. The predicted molar refractivity (Wildman–Crippen MR) is 140 cm³/mol. The lowest BCUT2D eigenvalue weighted by atomic mass is 10.1. The van der Waals surface area contributed by atoms with Crippen molar-refractivity contribution in [3.63, 3.8) is 0 Å². The van der Waals surface area contributed by atoms with E-state index < -0.39 is 0 Å². The number of ether oxygens (including phenoxy) is 1. The van der Waals surface area contributed by atoms with Gasteiger partial charge in [0.2, 0.25) is 5.91 Å². The van der Waals surface area contributed by atoms with Crippen LogP contribution in [0.3, 0.4) is 0 Å². The minimum atomic E-state index is -0.270. The molecule has 1 aliphatic rings. The minimum absolute atomic E-state index is 0.0591. The van der Waals surface area contributed by atoms with Crippen molar-refractivity contribution in [2.75, 3.05) is 32.8 Å². The monoisotopic (exact) mass is 514 g/mol. The first-order chi connectivity index (χ1) is 17.9. The average molecular weight is 515 g/mol. The molecule has 202 valence electrons. The summed E-state index contributed by atoms with van der Waals surface area (Å²) >= 11 is 0. The fourth-order valence-corrected chi connectivity index (χ4v) is 3.61. The normalized spacial score (nSPS) is 13.2. The maximum atomic E-state index is 12.0. The molecular weight excluding hydrogens is 476 g/mol. The van der Waals surface area contributed by atoms with Crippen LogP contribution in [0.15, 0.2) is 41.6 Å². The highest BCUT2D eigenvalue weighted by Gasteiger charge is 2.22. The minimum Gasteiger partial charge on any atom is -0.494 e. The fourth-order valence-electron chi connectivity index (χ4n) is 3.61. The Bertz CT molecular complexity index is 940. The number of oxime groups is 1. The van der Waals surface area contributed by atoms with E-state index in [1.54, 1.807) is 0 Å². The number of benzene rings is 1. The van der Waals surface area contributed by atoms with Crippen LogP contribution in [0.5, 0.6) is 5.75 Å². The third-order valence-electron chi connectivity index (χ3n) is 5.69. The molecule has 0 aliphatic carbocycles. The van der Waals surface area contributed by atoms with E-state index in [1.165, 1.54) is 17.1 Å². The van der Waals surface area contributed by atoms with Gasteiger partial charge in [-0.1, -0.05) is 11.6 Å². The average Bonchev–Trinajstić information content (AvgIpc) is 3.21. The molecule has 0 spiro atoms. The van der Waals surface area contributed by atoms with Crippen molar-refractivity contribution in [1.29, 1.82) is 0 Å². The lowest BCUT2D eigenvalue weighted by Crippen LogP contribution is -2.30. The number of Topliss-reactive ketones (excluding diaryl/α,β-unsaturated/α-hetero) is 1. The molecule has 0 atom stereocenters. The summed E-state index contributed by atoms with van der Waals surface area (Å²) in [4.78, 5) is 53.2. The SMILES string of the molecule is C/C(=N/OCCN)c1ccc(OCCCC(=O)NCCCC(=O)CCCCCN2C(=O)C=CC2=O)cc1. The van der Waals surface area contributed by atoms with E-state index in [9.17, 15) is 19.2 Å². The Morgan fingerprint density at radius 1 is 0.919 bits per heavy atom. The summed E-state index contributed by atoms with van der Waals surface area (Å²) in [5.74, 6) is 0.277. The first kappa shape index (κ1) is 29.7. The van der Waals surface area contributed by atoms with E-state index >= 15 is 0 Å². The van der Waals surface area contributed by atoms with Gasteiger partial charge in [-0.25, -0.2) is 0 Å². The number of imide groups is 1. The zero-order valence-electron chi connectivity index (χ0n) is 21.6. The number of hydrogen-bond donors (Lipinski definition) is 2. The van der Waals surface area contributed by atoms with Gasteiger partial charge < -0.3 is 20.6 Å². The Morgan fingerprint density at radius 3 is 2.32 bits per heavy atom. The number of hydrogen-bond acceptors (Lipinski definition) is 8. The molecular formula is C27H38N4O6. The molecule has 1 aromatic carbocycles. The lowest BCUT2D eigenvalue weighted by molar-refractivity contribution is -0.137. The van der Waals surface area contributed by atoms with Gasteiger partial charge in [0.05, 0.1) is 12.3 Å². The fraction of sp³-hybridized carbons (Fsp3) is 0.519. The molecule has 0 radical (unpaired) electrons. The predicted octanol–water partition coefficient (Wildman–Crippen LogP) is 2.50. The van der Waals surface area contributed by atoms with Crippen molar-refractivity contribution in [1.82, 2.24) is 10.2 Å². The molecule has 10 heteroatoms. The first-order valence-electron chi connectivity index (χ1n) is 12.8. The molecule has 0 bridgehead atoms. The zero-order chi connectivity index (χ0) is 26.9. The maximum Gasteiger partial charge on any atom is 0.253 e. The molecule has 0 unspecified atom stereocenters. The van der Waals surface area contributed by atoms with Crippen molar-refractivity contribution in [3.05, 3.63) is 42.0 Å². The van der Waals surface area contributed by atoms with Gasteiger partial charge in [-0.15, -0.1) is 0 Å². The summed E-state index contributed by atoms with van der Waals surface area (Å²) in [5, 5.41) is 6.83. The number of ketones is 1. The summed E-state index contributed by atoms with van der Waals surface area (Å²) in [7, 11) is 0. The van der Waals surface area contributed by atoms with E-state index in [-0.39, 0.29) is 23.5 Å². The smallest absolute Gasteiger partial charge is 0.253 e. The van der Waals surface area contributed by atoms with E-state index in [0.717, 1.165) is 24.1 Å². The number of nitrogens with zero attached hydrogens (tertiary/aromatic N) is 2. The molecule has 0 saturated heterocycles. The summed E-state index contributed by atoms with van der Waals surface area (Å²) in [6, 6.07) is 7.48. The van der Waals surface area contributed by atoms with Gasteiger partial charge in [-0.3, -0.25) is 24.1 Å². The summed E-state index contributed by atoms with van der Waals surface area (Å²) < 4.78 is 5.69. The Hall–Kier alpha value is -3.53. The second-order valence-electron chi connectivity index (χ2n) is 8.74. The Balaban J connectivity index is 1.45. The van der Waals surface area contributed by atoms with E-state index in [4.69, 9.17) is 15.3 Å². The highest BCUT2D eigenvalue weighted by Crippen LogP contribution is 2.14. The second kappa shape index (κ2) is 17.0. The quantitative estimate of drug-likeness (QED) is 0.125. The van der Waals surface area contributed by atoms with E-state index in [0.29, 0.717) is 77.1 Å². The van der Waals surface area contributed by atoms with Gasteiger partial charge in [0, 0.05) is 51.0 Å². The molecule has 37 heavy (non-hydrogen) atoms. The Kier molecular flexibility index (Phi) is 13.7. The molecule has 1 heterocycles. The lowest BCUT2D eigenvalue weighted by Gasteiger charge is -2.12. The van der Waals surface area contributed by atoms with Crippen molar-refractivity contribution in [2.24, 2.45) is 10.9 Å². The van der Waals surface area contributed by atoms with Crippen LogP contribution in [0, 0.1) is 0 Å². The van der Waals surface area contributed by atoms with Crippen LogP contribution in [-0.4, -0.2) is 67.0 Å². The zero-order valence-corrected chi connectivity index (χ0v) is 21.6. The number of amides is 3. The van der Waals surface area contributed by atoms with Crippen LogP contribution in [0.4, 0.5) is 0 Å². The summed E-state index contributed by atoms with van der Waals surface area (Å²) in [6.45, 7) is 3.93. The van der Waals surface area contributed by atoms with Crippen LogP contribution in [0.1, 0.15) is 63.9 Å². The number of unbranched alkanes of at least 4 members (excludes halogenated alkanes) is 2. The number of carbonyl (C=O) groups excluding carboxylic acids is 4. The summed E-state index contributed by atoms with van der Waals surface area (Å²) in [5.41, 5.74) is 7.04. The topological polar surface area (TPSA) is 140 Å². The van der Waals surface area contributed by atoms with Crippen molar-refractivity contribution < 1.29 is 28.8 Å². The summed E-state index contributed by atoms with van der Waals surface area (Å²) in [6.07, 6.45) is 7.21. The molecule has 0 fully saturated rings. The molecule has 1 aromatic rings. The number of nitrogens with two attached hydrogens (primary N) is 1. The molecule has 2 rings (SSSR count). The Labute approximate surface area is 218 Å². The van der Waals surface area contributed by atoms with Gasteiger partial charge in [-0.2, -0.15) is 0 Å². The molecule has 3 N–H and O–H groups in total. The van der Waals surface area contributed by atoms with Gasteiger partial charge in [0.1, 0.15) is 18.1 Å². The Morgan fingerprint density at radius 2 is 1.62 bits per heavy atom. The van der Waals surface area contributed by atoms with Crippen molar-refractivity contribution in [2.45, 2.75) is 58.3 Å². The van der Waals surface area contributed by atoms with Crippen molar-refractivity contribution in [3.8, 4) is 5.75 Å². The van der Waals surface area contributed by atoms with Crippen LogP contribution in [0.2, 0.25) is 0 Å². The highest BCUT2D eigenvalue weighted by atomic mass is 16.6. The van der Waals surface area contributed by atoms with E-state index in [1.807, 2.05) is 31.2 Å². The molecule has 3 amide bonds. The number of rotatable bonds is 19. The third kappa shape index (κ3) is 11.8. The molecule has 1 aliphatic heterocycles. The van der Waals surface area contributed by atoms with Gasteiger partial charge in [0.25, 0.3) is 11.8 Å². The molecule has 0 saturated carbocycles. The van der Waals surface area contributed by atoms with Crippen molar-refractivity contribution >= 4 is 29.2 Å². The molecule has 0 aromatic heterocycles. The second-order valence-corrected chi connectivity index (χ2v) is 8.74.